The number of aliphatic imine (C=N–C) groups is 1. The number of rotatable bonds is 2. The van der Waals surface area contributed by atoms with Crippen molar-refractivity contribution in [2.24, 2.45) is 4.99 Å². The summed E-state index contributed by atoms with van der Waals surface area (Å²) in [5.74, 6) is -0.279. The molecule has 1 aliphatic heterocycles. The van der Waals surface area contributed by atoms with Gasteiger partial charge in [-0.3, -0.25) is 4.79 Å². The zero-order chi connectivity index (χ0) is 19.0. The molecule has 1 heterocycles. The minimum atomic E-state index is -4.38. The second-order valence-corrected chi connectivity index (χ2v) is 6.09. The van der Waals surface area contributed by atoms with Crippen LogP contribution in [0.2, 0.25) is 0 Å². The number of nitrogens with one attached hydrogen (secondary N) is 1. The number of para-hydroxylation sites is 1. The standard InChI is InChI=1S/C21H13F3N2O/c22-21(23,24)15-5-3-4-14(12-15)13-8-10-16(11-9-13)25-19-17-6-1-2-7-18(17)26-20(19)27/h1-12H,(H,25,26,27). The van der Waals surface area contributed by atoms with E-state index in [2.05, 4.69) is 10.3 Å². The zero-order valence-corrected chi connectivity index (χ0v) is 13.9. The van der Waals surface area contributed by atoms with E-state index < -0.39 is 11.7 Å². The van der Waals surface area contributed by atoms with Crippen LogP contribution in [0.4, 0.5) is 24.5 Å². The van der Waals surface area contributed by atoms with Crippen LogP contribution in [0.3, 0.4) is 0 Å². The van der Waals surface area contributed by atoms with Crippen LogP contribution in [0.25, 0.3) is 11.1 Å². The molecule has 0 fully saturated rings. The van der Waals surface area contributed by atoms with E-state index in [4.69, 9.17) is 0 Å². The van der Waals surface area contributed by atoms with Gasteiger partial charge in [0, 0.05) is 5.56 Å². The van der Waals surface area contributed by atoms with E-state index in [0.29, 0.717) is 28.2 Å². The summed E-state index contributed by atoms with van der Waals surface area (Å²) in [6.45, 7) is 0. The fraction of sp³-hybridized carbons (Fsp3) is 0.0476. The van der Waals surface area contributed by atoms with Crippen molar-refractivity contribution in [3.8, 4) is 11.1 Å². The van der Waals surface area contributed by atoms with Crippen molar-refractivity contribution < 1.29 is 18.0 Å². The predicted molar refractivity (Wildman–Crippen MR) is 98.1 cm³/mol. The van der Waals surface area contributed by atoms with Crippen molar-refractivity contribution in [2.75, 3.05) is 5.32 Å². The highest BCUT2D eigenvalue weighted by Crippen LogP contribution is 2.33. The van der Waals surface area contributed by atoms with Gasteiger partial charge in [0.2, 0.25) is 0 Å². The second kappa shape index (κ2) is 6.39. The van der Waals surface area contributed by atoms with Crippen molar-refractivity contribution in [3.63, 3.8) is 0 Å². The molecule has 3 nitrogen and oxygen atoms in total. The monoisotopic (exact) mass is 366 g/mol. The molecule has 3 aromatic carbocycles. The Morgan fingerprint density at radius 2 is 1.56 bits per heavy atom. The lowest BCUT2D eigenvalue weighted by Crippen LogP contribution is -2.13. The summed E-state index contributed by atoms with van der Waals surface area (Å²) in [7, 11) is 0. The molecule has 4 rings (SSSR count). The highest BCUT2D eigenvalue weighted by molar-refractivity contribution is 6.54. The molecule has 27 heavy (non-hydrogen) atoms. The van der Waals surface area contributed by atoms with Crippen LogP contribution < -0.4 is 5.32 Å². The average Bonchev–Trinajstić information content (AvgIpc) is 2.97. The minimum absolute atomic E-state index is 0.279. The van der Waals surface area contributed by atoms with Crippen LogP contribution in [0, 0.1) is 0 Å². The van der Waals surface area contributed by atoms with E-state index in [9.17, 15) is 18.0 Å². The molecule has 3 aromatic rings. The van der Waals surface area contributed by atoms with Crippen LogP contribution in [0.5, 0.6) is 0 Å². The summed E-state index contributed by atoms with van der Waals surface area (Å²) < 4.78 is 38.6. The Labute approximate surface area is 153 Å². The maximum Gasteiger partial charge on any atom is 0.416 e. The highest BCUT2D eigenvalue weighted by atomic mass is 19.4. The van der Waals surface area contributed by atoms with E-state index in [0.717, 1.165) is 17.7 Å². The van der Waals surface area contributed by atoms with Crippen molar-refractivity contribution in [3.05, 3.63) is 83.9 Å². The molecule has 1 amide bonds. The molecule has 0 radical (unpaired) electrons. The number of halogens is 3. The molecule has 0 unspecified atom stereocenters. The number of fused-ring (bicyclic) bond motifs is 1. The normalized spacial score (nSPS) is 14.9. The number of hydrogen-bond donors (Lipinski definition) is 1. The SMILES string of the molecule is O=C1Nc2ccccc2C1=Nc1ccc(-c2cccc(C(F)(F)F)c2)cc1. The van der Waals surface area contributed by atoms with E-state index in [1.807, 2.05) is 18.2 Å². The Hall–Kier alpha value is -3.41. The predicted octanol–water partition coefficient (Wildman–Crippen LogP) is 5.45. The zero-order valence-electron chi connectivity index (χ0n) is 13.9. The van der Waals surface area contributed by atoms with Gasteiger partial charge in [-0.05, 0) is 41.5 Å². The first kappa shape index (κ1) is 17.0. The van der Waals surface area contributed by atoms with Gasteiger partial charge in [-0.1, -0.05) is 42.5 Å². The second-order valence-electron chi connectivity index (χ2n) is 6.09. The Morgan fingerprint density at radius 1 is 0.815 bits per heavy atom. The number of nitrogens with zero attached hydrogens (tertiary/aromatic N) is 1. The third-order valence-corrected chi connectivity index (χ3v) is 4.28. The average molecular weight is 366 g/mol. The van der Waals surface area contributed by atoms with Crippen LogP contribution >= 0.6 is 0 Å². The van der Waals surface area contributed by atoms with Gasteiger partial charge >= 0.3 is 6.18 Å². The smallest absolute Gasteiger partial charge is 0.320 e. The fourth-order valence-electron chi connectivity index (χ4n) is 2.95. The largest absolute Gasteiger partial charge is 0.416 e. The van der Waals surface area contributed by atoms with E-state index in [1.54, 1.807) is 36.4 Å². The highest BCUT2D eigenvalue weighted by Gasteiger charge is 2.30. The Bertz CT molecular complexity index is 1050. The summed E-state index contributed by atoms with van der Waals surface area (Å²) >= 11 is 0. The molecule has 0 aromatic heterocycles. The van der Waals surface area contributed by atoms with Gasteiger partial charge in [0.05, 0.1) is 16.9 Å². The molecular formula is C21H13F3N2O. The number of carbonyl (C=O) groups excluding carboxylic acids is 1. The lowest BCUT2D eigenvalue weighted by Gasteiger charge is -2.09. The number of alkyl halides is 3. The topological polar surface area (TPSA) is 41.5 Å². The summed E-state index contributed by atoms with van der Waals surface area (Å²) in [4.78, 5) is 16.5. The van der Waals surface area contributed by atoms with Gasteiger partial charge in [0.15, 0.2) is 0 Å². The Balaban J connectivity index is 1.65. The third-order valence-electron chi connectivity index (χ3n) is 4.28. The van der Waals surface area contributed by atoms with Crippen molar-refractivity contribution in [1.29, 1.82) is 0 Å². The first-order valence-electron chi connectivity index (χ1n) is 8.19. The molecule has 0 bridgehead atoms. The van der Waals surface area contributed by atoms with Crippen LogP contribution in [-0.4, -0.2) is 11.6 Å². The Morgan fingerprint density at radius 3 is 2.30 bits per heavy atom. The van der Waals surface area contributed by atoms with Crippen molar-refractivity contribution >= 4 is 23.0 Å². The molecule has 0 spiro atoms. The van der Waals surface area contributed by atoms with Crippen LogP contribution in [0.1, 0.15) is 11.1 Å². The van der Waals surface area contributed by atoms with Crippen molar-refractivity contribution in [2.45, 2.75) is 6.18 Å². The lowest BCUT2D eigenvalue weighted by molar-refractivity contribution is -0.137. The first-order valence-corrected chi connectivity index (χ1v) is 8.19. The van der Waals surface area contributed by atoms with Gasteiger partial charge in [0.25, 0.3) is 5.91 Å². The molecule has 6 heteroatoms. The summed E-state index contributed by atoms with van der Waals surface area (Å²) in [6.07, 6.45) is -4.38. The number of benzene rings is 3. The fourth-order valence-corrected chi connectivity index (χ4v) is 2.95. The van der Waals surface area contributed by atoms with Gasteiger partial charge < -0.3 is 5.32 Å². The minimum Gasteiger partial charge on any atom is -0.320 e. The number of anilines is 1. The summed E-state index contributed by atoms with van der Waals surface area (Å²) in [5, 5.41) is 2.75. The van der Waals surface area contributed by atoms with Gasteiger partial charge in [-0.15, -0.1) is 0 Å². The van der Waals surface area contributed by atoms with Gasteiger partial charge in [0.1, 0.15) is 5.71 Å². The number of hydrogen-bond acceptors (Lipinski definition) is 2. The van der Waals surface area contributed by atoms with Gasteiger partial charge in [-0.2, -0.15) is 13.2 Å². The van der Waals surface area contributed by atoms with Crippen LogP contribution in [-0.2, 0) is 11.0 Å². The molecule has 0 saturated heterocycles. The summed E-state index contributed by atoms with van der Waals surface area (Å²) in [5.41, 5.74) is 2.72. The molecule has 0 atom stereocenters. The Kier molecular flexibility index (Phi) is 4.03. The molecule has 0 aliphatic carbocycles. The molecule has 1 N–H and O–H groups in total. The number of amides is 1. The number of carbonyl (C=O) groups is 1. The van der Waals surface area contributed by atoms with Gasteiger partial charge in [-0.25, -0.2) is 4.99 Å². The maximum absolute atomic E-state index is 12.9. The lowest BCUT2D eigenvalue weighted by atomic mass is 10.0. The molecule has 0 saturated carbocycles. The third kappa shape index (κ3) is 3.33. The molecular weight excluding hydrogens is 353 g/mol. The molecule has 134 valence electrons. The molecule has 1 aliphatic rings. The van der Waals surface area contributed by atoms with E-state index in [1.165, 1.54) is 6.07 Å². The van der Waals surface area contributed by atoms with Crippen LogP contribution in [0.15, 0.2) is 77.8 Å². The van der Waals surface area contributed by atoms with Crippen molar-refractivity contribution in [1.82, 2.24) is 0 Å². The summed E-state index contributed by atoms with van der Waals surface area (Å²) in [6, 6.07) is 19.1. The maximum atomic E-state index is 12.9. The quantitative estimate of drug-likeness (QED) is 0.644. The van der Waals surface area contributed by atoms with E-state index >= 15 is 0 Å². The first-order chi connectivity index (χ1) is 12.9. The van der Waals surface area contributed by atoms with E-state index in [-0.39, 0.29) is 5.91 Å².